The average molecular weight is 464 g/mol. The summed E-state index contributed by atoms with van der Waals surface area (Å²) in [5, 5.41) is 3.13. The quantitative estimate of drug-likeness (QED) is 0.147. The van der Waals surface area contributed by atoms with Gasteiger partial charge in [0.15, 0.2) is 0 Å². The number of carbonyl (C=O) groups is 1. The number of hydrogen-bond acceptors (Lipinski definition) is 3. The van der Waals surface area contributed by atoms with Gasteiger partial charge in [-0.3, -0.25) is 14.7 Å². The van der Waals surface area contributed by atoms with Gasteiger partial charge >= 0.3 is 0 Å². The van der Waals surface area contributed by atoms with E-state index in [4.69, 9.17) is 0 Å². The molecular formula is C29H57N3O. The Morgan fingerprint density at radius 1 is 0.758 bits per heavy atom. The van der Waals surface area contributed by atoms with Crippen LogP contribution >= 0.6 is 0 Å². The zero-order valence-corrected chi connectivity index (χ0v) is 22.4. The molecule has 0 bridgehead atoms. The molecule has 1 aliphatic rings. The first-order chi connectivity index (χ1) is 16.3. The molecule has 0 aromatic carbocycles. The first-order valence-electron chi connectivity index (χ1n) is 14.8. The molecule has 0 saturated carbocycles. The zero-order valence-electron chi connectivity index (χ0n) is 22.4. The van der Waals surface area contributed by atoms with Crippen LogP contribution in [-0.2, 0) is 4.79 Å². The summed E-state index contributed by atoms with van der Waals surface area (Å²) in [4.78, 5) is 19.2. The molecule has 1 aliphatic heterocycles. The number of nitrogens with zero attached hydrogens (tertiary/aromatic N) is 2. The molecule has 33 heavy (non-hydrogen) atoms. The van der Waals surface area contributed by atoms with Crippen molar-refractivity contribution in [3.8, 4) is 0 Å². The molecule has 1 atom stereocenters. The SMILES string of the molecule is CCCCCCCCCCCCC1N=CCN1CCNC(=O)CCCCCCCCCCC. The molecule has 0 aromatic heterocycles. The molecule has 0 aromatic rings. The summed E-state index contributed by atoms with van der Waals surface area (Å²) in [6, 6.07) is 0. The fourth-order valence-corrected chi connectivity index (χ4v) is 4.82. The maximum Gasteiger partial charge on any atom is 0.220 e. The molecule has 1 unspecified atom stereocenters. The average Bonchev–Trinajstić information content (AvgIpc) is 3.26. The predicted octanol–water partition coefficient (Wildman–Crippen LogP) is 8.05. The third kappa shape index (κ3) is 18.1. The van der Waals surface area contributed by atoms with Crippen LogP contribution in [0.2, 0.25) is 0 Å². The van der Waals surface area contributed by atoms with Crippen molar-refractivity contribution in [2.75, 3.05) is 19.6 Å². The highest BCUT2D eigenvalue weighted by Crippen LogP contribution is 2.16. The highest BCUT2D eigenvalue weighted by molar-refractivity contribution is 5.75. The van der Waals surface area contributed by atoms with Crippen LogP contribution in [0.3, 0.4) is 0 Å². The molecule has 4 heteroatoms. The van der Waals surface area contributed by atoms with E-state index in [1.165, 1.54) is 122 Å². The third-order valence-electron chi connectivity index (χ3n) is 7.06. The molecule has 1 rings (SSSR count). The highest BCUT2D eigenvalue weighted by Gasteiger charge is 2.20. The van der Waals surface area contributed by atoms with Gasteiger partial charge in [-0.15, -0.1) is 0 Å². The first kappa shape index (κ1) is 30.1. The van der Waals surface area contributed by atoms with E-state index in [-0.39, 0.29) is 5.91 Å². The Morgan fingerprint density at radius 3 is 1.79 bits per heavy atom. The molecule has 0 radical (unpaired) electrons. The van der Waals surface area contributed by atoms with E-state index in [0.717, 1.165) is 26.1 Å². The lowest BCUT2D eigenvalue weighted by Gasteiger charge is -2.23. The summed E-state index contributed by atoms with van der Waals surface area (Å²) >= 11 is 0. The Kier molecular flexibility index (Phi) is 20.9. The van der Waals surface area contributed by atoms with E-state index in [0.29, 0.717) is 12.6 Å². The van der Waals surface area contributed by atoms with E-state index in [1.54, 1.807) is 0 Å². The number of nitrogens with one attached hydrogen (secondary N) is 1. The Bertz CT molecular complexity index is 466. The minimum atomic E-state index is 0.226. The molecule has 0 spiro atoms. The second-order valence-corrected chi connectivity index (χ2v) is 10.2. The number of rotatable bonds is 24. The van der Waals surface area contributed by atoms with Gasteiger partial charge in [0.05, 0.1) is 0 Å². The van der Waals surface area contributed by atoms with Crippen molar-refractivity contribution in [3.05, 3.63) is 0 Å². The molecule has 1 N–H and O–H groups in total. The van der Waals surface area contributed by atoms with E-state index < -0.39 is 0 Å². The Hall–Kier alpha value is -0.900. The van der Waals surface area contributed by atoms with Crippen molar-refractivity contribution in [1.29, 1.82) is 0 Å². The van der Waals surface area contributed by atoms with Gasteiger partial charge in [0.1, 0.15) is 6.17 Å². The lowest BCUT2D eigenvalue weighted by Crippen LogP contribution is -2.38. The summed E-state index contributed by atoms with van der Waals surface area (Å²) in [5.74, 6) is 0.226. The fourth-order valence-electron chi connectivity index (χ4n) is 4.82. The van der Waals surface area contributed by atoms with Crippen LogP contribution in [0.4, 0.5) is 0 Å². The number of hydrogen-bond donors (Lipinski definition) is 1. The van der Waals surface area contributed by atoms with Crippen LogP contribution in [-0.4, -0.2) is 42.8 Å². The minimum Gasteiger partial charge on any atom is -0.355 e. The zero-order chi connectivity index (χ0) is 23.8. The largest absolute Gasteiger partial charge is 0.355 e. The molecule has 0 saturated heterocycles. The Balaban J connectivity index is 1.92. The summed E-state index contributed by atoms with van der Waals surface area (Å²) in [6.45, 7) is 7.17. The third-order valence-corrected chi connectivity index (χ3v) is 7.06. The van der Waals surface area contributed by atoms with Gasteiger partial charge < -0.3 is 5.32 Å². The predicted molar refractivity (Wildman–Crippen MR) is 145 cm³/mol. The van der Waals surface area contributed by atoms with Gasteiger partial charge in [0.25, 0.3) is 0 Å². The highest BCUT2D eigenvalue weighted by atomic mass is 16.1. The van der Waals surface area contributed by atoms with Crippen LogP contribution in [0.25, 0.3) is 0 Å². The van der Waals surface area contributed by atoms with Crippen LogP contribution in [0.1, 0.15) is 149 Å². The summed E-state index contributed by atoms with van der Waals surface area (Å²) in [7, 11) is 0. The van der Waals surface area contributed by atoms with Gasteiger partial charge in [0, 0.05) is 32.3 Å². The molecule has 0 fully saturated rings. The van der Waals surface area contributed by atoms with E-state index in [9.17, 15) is 4.79 Å². The second kappa shape index (κ2) is 22.9. The fraction of sp³-hybridized carbons (Fsp3) is 0.931. The van der Waals surface area contributed by atoms with Crippen molar-refractivity contribution < 1.29 is 4.79 Å². The van der Waals surface area contributed by atoms with Crippen molar-refractivity contribution in [1.82, 2.24) is 10.2 Å². The summed E-state index contributed by atoms with van der Waals surface area (Å²) in [5.41, 5.74) is 0. The molecule has 194 valence electrons. The maximum atomic E-state index is 12.1. The summed E-state index contributed by atoms with van der Waals surface area (Å²) in [6.07, 6.45) is 29.8. The number of amides is 1. The normalized spacial score (nSPS) is 16.0. The van der Waals surface area contributed by atoms with Gasteiger partial charge in [-0.1, -0.05) is 123 Å². The van der Waals surface area contributed by atoms with Gasteiger partial charge in [-0.2, -0.15) is 0 Å². The Morgan fingerprint density at radius 2 is 1.24 bits per heavy atom. The van der Waals surface area contributed by atoms with Crippen LogP contribution in [0.5, 0.6) is 0 Å². The van der Waals surface area contributed by atoms with Crippen LogP contribution in [0, 0.1) is 0 Å². The molecule has 0 aliphatic carbocycles. The number of carbonyl (C=O) groups excluding carboxylic acids is 1. The van der Waals surface area contributed by atoms with Crippen molar-refractivity contribution in [3.63, 3.8) is 0 Å². The first-order valence-corrected chi connectivity index (χ1v) is 14.8. The smallest absolute Gasteiger partial charge is 0.220 e. The van der Waals surface area contributed by atoms with E-state index in [1.807, 2.05) is 0 Å². The molecule has 4 nitrogen and oxygen atoms in total. The van der Waals surface area contributed by atoms with Gasteiger partial charge in [0.2, 0.25) is 5.91 Å². The number of aliphatic imine (C=N–C) groups is 1. The van der Waals surface area contributed by atoms with E-state index in [2.05, 4.69) is 35.3 Å². The van der Waals surface area contributed by atoms with Crippen LogP contribution in [0.15, 0.2) is 4.99 Å². The van der Waals surface area contributed by atoms with Gasteiger partial charge in [-0.25, -0.2) is 0 Å². The molecular weight excluding hydrogens is 406 g/mol. The second-order valence-electron chi connectivity index (χ2n) is 10.2. The molecule has 1 heterocycles. The molecule has 1 amide bonds. The topological polar surface area (TPSA) is 44.7 Å². The van der Waals surface area contributed by atoms with Crippen molar-refractivity contribution in [2.24, 2.45) is 4.99 Å². The van der Waals surface area contributed by atoms with Crippen LogP contribution < -0.4 is 5.32 Å². The standard InChI is InChI=1S/C29H57N3O/c1-3-5-7-9-11-13-15-16-18-20-22-28-30-24-26-32(28)27-25-31-29(33)23-21-19-17-14-12-10-8-6-4-2/h24,28H,3-23,25-27H2,1-2H3,(H,31,33). The van der Waals surface area contributed by atoms with E-state index >= 15 is 0 Å². The maximum absolute atomic E-state index is 12.1. The minimum absolute atomic E-state index is 0.226. The monoisotopic (exact) mass is 463 g/mol. The van der Waals surface area contributed by atoms with Crippen molar-refractivity contribution in [2.45, 2.75) is 155 Å². The van der Waals surface area contributed by atoms with Crippen molar-refractivity contribution >= 4 is 12.1 Å². The summed E-state index contributed by atoms with van der Waals surface area (Å²) < 4.78 is 0. The number of unbranched alkanes of at least 4 members (excludes halogenated alkanes) is 17. The lowest BCUT2D eigenvalue weighted by atomic mass is 10.1. The Labute approximate surface area is 206 Å². The van der Waals surface area contributed by atoms with Gasteiger partial charge in [-0.05, 0) is 19.3 Å². The lowest BCUT2D eigenvalue weighted by molar-refractivity contribution is -0.121.